The Morgan fingerprint density at radius 3 is 2.80 bits per heavy atom. The van der Waals surface area contributed by atoms with Crippen molar-refractivity contribution in [1.82, 2.24) is 0 Å². The van der Waals surface area contributed by atoms with Crippen molar-refractivity contribution in [2.45, 2.75) is 25.9 Å². The van der Waals surface area contributed by atoms with E-state index in [-0.39, 0.29) is 0 Å². The van der Waals surface area contributed by atoms with E-state index >= 15 is 0 Å². The highest BCUT2D eigenvalue weighted by Crippen LogP contribution is 2.31. The first-order valence-electron chi connectivity index (χ1n) is 5.26. The Labute approximate surface area is 94.8 Å². The maximum Gasteiger partial charge on any atom is 0.121 e. The third kappa shape index (κ3) is 3.11. The fraction of sp³-hybridized carbons (Fsp3) is 0.500. The number of rotatable bonds is 4. The number of ether oxygens (including phenoxy) is 1. The Morgan fingerprint density at radius 2 is 2.20 bits per heavy atom. The highest BCUT2D eigenvalue weighted by molar-refractivity contribution is 6.30. The van der Waals surface area contributed by atoms with Crippen LogP contribution in [0.3, 0.4) is 0 Å². The Morgan fingerprint density at radius 1 is 1.47 bits per heavy atom. The van der Waals surface area contributed by atoms with Crippen molar-refractivity contribution in [3.8, 4) is 5.75 Å². The third-order valence-corrected chi connectivity index (χ3v) is 2.78. The van der Waals surface area contributed by atoms with Gasteiger partial charge in [-0.1, -0.05) is 11.6 Å². The number of benzene rings is 1. The summed E-state index contributed by atoms with van der Waals surface area (Å²) in [6.45, 7) is 2.48. The second-order valence-electron chi connectivity index (χ2n) is 4.15. The predicted octanol–water partition coefficient (Wildman–Crippen LogP) is 3.18. The van der Waals surface area contributed by atoms with Crippen LogP contribution in [0.4, 0.5) is 0 Å². The van der Waals surface area contributed by atoms with Crippen LogP contribution in [0.25, 0.3) is 0 Å². The van der Waals surface area contributed by atoms with Crippen molar-refractivity contribution >= 4 is 11.6 Å². The topological polar surface area (TPSA) is 29.5 Å². The molecular formula is C12H15ClO2. The molecule has 2 nitrogen and oxygen atoms in total. The molecule has 3 heteroatoms. The lowest BCUT2D eigenvalue weighted by Gasteiger charge is -2.10. The Hall–Kier alpha value is -0.730. The molecule has 0 aromatic heterocycles. The fourth-order valence-electron chi connectivity index (χ4n) is 1.41. The van der Waals surface area contributed by atoms with E-state index in [0.29, 0.717) is 5.02 Å². The zero-order valence-corrected chi connectivity index (χ0v) is 9.50. The monoisotopic (exact) mass is 226 g/mol. The van der Waals surface area contributed by atoms with E-state index in [9.17, 15) is 5.11 Å². The summed E-state index contributed by atoms with van der Waals surface area (Å²) in [5.74, 6) is 1.48. The van der Waals surface area contributed by atoms with E-state index in [1.54, 1.807) is 19.1 Å². The number of aliphatic hydroxyl groups excluding tert-OH is 1. The van der Waals surface area contributed by atoms with Crippen LogP contribution < -0.4 is 4.74 Å². The zero-order chi connectivity index (χ0) is 10.8. The van der Waals surface area contributed by atoms with Crippen molar-refractivity contribution in [3.05, 3.63) is 28.8 Å². The zero-order valence-electron chi connectivity index (χ0n) is 8.74. The quantitative estimate of drug-likeness (QED) is 0.855. The molecule has 15 heavy (non-hydrogen) atoms. The summed E-state index contributed by atoms with van der Waals surface area (Å²) in [6, 6.07) is 5.39. The lowest BCUT2D eigenvalue weighted by Crippen LogP contribution is -2.00. The Bertz CT molecular complexity index is 345. The minimum atomic E-state index is -0.507. The van der Waals surface area contributed by atoms with E-state index in [1.165, 1.54) is 12.8 Å². The molecule has 0 heterocycles. The molecule has 0 spiro atoms. The van der Waals surface area contributed by atoms with E-state index < -0.39 is 6.10 Å². The van der Waals surface area contributed by atoms with Gasteiger partial charge in [0.2, 0.25) is 0 Å². The lowest BCUT2D eigenvalue weighted by atomic mass is 10.1. The maximum atomic E-state index is 9.45. The number of hydrogen-bond donors (Lipinski definition) is 1. The SMILES string of the molecule is CC(O)c1cc(Cl)cc(OCC2CC2)c1. The second-order valence-corrected chi connectivity index (χ2v) is 4.59. The molecule has 2 rings (SSSR count). The maximum absolute atomic E-state index is 9.45. The van der Waals surface area contributed by atoms with Crippen molar-refractivity contribution in [2.75, 3.05) is 6.61 Å². The average molecular weight is 227 g/mol. The van der Waals surface area contributed by atoms with Gasteiger partial charge < -0.3 is 9.84 Å². The molecule has 1 atom stereocenters. The van der Waals surface area contributed by atoms with Crippen LogP contribution in [-0.2, 0) is 0 Å². The fourth-order valence-corrected chi connectivity index (χ4v) is 1.64. The highest BCUT2D eigenvalue weighted by atomic mass is 35.5. The molecule has 1 unspecified atom stereocenters. The van der Waals surface area contributed by atoms with Crippen LogP contribution in [0.2, 0.25) is 5.02 Å². The van der Waals surface area contributed by atoms with Gasteiger partial charge in [-0.2, -0.15) is 0 Å². The van der Waals surface area contributed by atoms with E-state index in [4.69, 9.17) is 16.3 Å². The first kappa shape index (κ1) is 10.8. The standard InChI is InChI=1S/C12H15ClO2/c1-8(14)10-4-11(13)6-12(5-10)15-7-9-2-3-9/h4-6,8-9,14H,2-3,7H2,1H3. The summed E-state index contributed by atoms with van der Waals surface area (Å²) in [7, 11) is 0. The molecule has 1 aliphatic rings. The van der Waals surface area contributed by atoms with Gasteiger partial charge in [-0.3, -0.25) is 0 Å². The summed E-state index contributed by atoms with van der Waals surface area (Å²) in [4.78, 5) is 0. The van der Waals surface area contributed by atoms with Gasteiger partial charge >= 0.3 is 0 Å². The van der Waals surface area contributed by atoms with Gasteiger partial charge in [-0.15, -0.1) is 0 Å². The molecule has 1 aliphatic carbocycles. The highest BCUT2D eigenvalue weighted by Gasteiger charge is 2.22. The summed E-state index contributed by atoms with van der Waals surface area (Å²) in [5, 5.41) is 10.1. The van der Waals surface area contributed by atoms with E-state index in [2.05, 4.69) is 0 Å². The first-order chi connectivity index (χ1) is 7.15. The summed E-state index contributed by atoms with van der Waals surface area (Å²) in [6.07, 6.45) is 2.03. The van der Waals surface area contributed by atoms with Crippen molar-refractivity contribution < 1.29 is 9.84 Å². The van der Waals surface area contributed by atoms with Gasteiger partial charge in [0, 0.05) is 5.02 Å². The van der Waals surface area contributed by atoms with Gasteiger partial charge in [0.05, 0.1) is 12.7 Å². The largest absolute Gasteiger partial charge is 0.493 e. The Kier molecular flexibility index (Phi) is 3.17. The molecule has 1 N–H and O–H groups in total. The van der Waals surface area contributed by atoms with Crippen LogP contribution >= 0.6 is 11.6 Å². The Balaban J connectivity index is 2.07. The van der Waals surface area contributed by atoms with Crippen molar-refractivity contribution in [2.24, 2.45) is 5.92 Å². The minimum Gasteiger partial charge on any atom is -0.493 e. The second kappa shape index (κ2) is 4.42. The normalized spacial score (nSPS) is 17.5. The molecule has 0 bridgehead atoms. The molecule has 0 radical (unpaired) electrons. The lowest BCUT2D eigenvalue weighted by molar-refractivity contribution is 0.198. The first-order valence-corrected chi connectivity index (χ1v) is 5.64. The average Bonchev–Trinajstić information content (AvgIpc) is 2.97. The summed E-state index contributed by atoms with van der Waals surface area (Å²) >= 11 is 5.93. The summed E-state index contributed by atoms with van der Waals surface area (Å²) in [5.41, 5.74) is 0.799. The third-order valence-electron chi connectivity index (χ3n) is 2.56. The molecule has 1 saturated carbocycles. The van der Waals surface area contributed by atoms with Gasteiger partial charge in [-0.25, -0.2) is 0 Å². The molecule has 1 aromatic carbocycles. The van der Waals surface area contributed by atoms with Crippen LogP contribution in [0.15, 0.2) is 18.2 Å². The predicted molar refractivity (Wildman–Crippen MR) is 60.3 cm³/mol. The number of aliphatic hydroxyl groups is 1. The van der Waals surface area contributed by atoms with Crippen LogP contribution in [0, 0.1) is 5.92 Å². The molecule has 0 aliphatic heterocycles. The number of hydrogen-bond acceptors (Lipinski definition) is 2. The summed E-state index contributed by atoms with van der Waals surface area (Å²) < 4.78 is 5.61. The van der Waals surface area contributed by atoms with Gasteiger partial charge in [0.25, 0.3) is 0 Å². The van der Waals surface area contributed by atoms with Gasteiger partial charge in [0.15, 0.2) is 0 Å². The van der Waals surface area contributed by atoms with Gasteiger partial charge in [0.1, 0.15) is 5.75 Å². The van der Waals surface area contributed by atoms with Gasteiger partial charge in [-0.05, 0) is 49.4 Å². The molecule has 1 fully saturated rings. The molecule has 1 aromatic rings. The molecular weight excluding hydrogens is 212 g/mol. The molecule has 0 saturated heterocycles. The van der Waals surface area contributed by atoms with Crippen molar-refractivity contribution in [3.63, 3.8) is 0 Å². The minimum absolute atomic E-state index is 0.507. The van der Waals surface area contributed by atoms with E-state index in [0.717, 1.165) is 23.8 Å². The smallest absolute Gasteiger partial charge is 0.121 e. The van der Waals surface area contributed by atoms with E-state index in [1.807, 2.05) is 6.07 Å². The van der Waals surface area contributed by atoms with Crippen molar-refractivity contribution in [1.29, 1.82) is 0 Å². The molecule has 0 amide bonds. The molecule has 82 valence electrons. The number of halogens is 1. The van der Waals surface area contributed by atoms with Crippen LogP contribution in [0.5, 0.6) is 5.75 Å². The van der Waals surface area contributed by atoms with Crippen LogP contribution in [-0.4, -0.2) is 11.7 Å². The van der Waals surface area contributed by atoms with Crippen LogP contribution in [0.1, 0.15) is 31.4 Å².